The molecule has 0 aromatic carbocycles. The van der Waals surface area contributed by atoms with Crippen LogP contribution in [-0.4, -0.2) is 79.5 Å². The summed E-state index contributed by atoms with van der Waals surface area (Å²) in [6.45, 7) is -0.407. The number of nitrogens with one attached hydrogen (secondary N) is 1. The van der Waals surface area contributed by atoms with E-state index in [-0.39, 0.29) is 30.4 Å². The second kappa shape index (κ2) is 7.26. The van der Waals surface area contributed by atoms with Crippen LogP contribution >= 0.6 is 11.8 Å². The van der Waals surface area contributed by atoms with Gasteiger partial charge in [0.2, 0.25) is 0 Å². The van der Waals surface area contributed by atoms with Crippen LogP contribution in [0, 0.1) is 5.92 Å². The van der Waals surface area contributed by atoms with Gasteiger partial charge in [-0.3, -0.25) is 4.79 Å². The molecule has 1 saturated heterocycles. The Morgan fingerprint density at radius 3 is 2.48 bits per heavy atom. The number of rotatable bonds is 5. The fraction of sp³-hybridized carbons (Fsp3) is 0.923. The van der Waals surface area contributed by atoms with Crippen LogP contribution in [0.25, 0.3) is 0 Å². The number of aliphatic hydroxyl groups excluding tert-OH is 4. The molecule has 7 nitrogen and oxygen atoms in total. The summed E-state index contributed by atoms with van der Waals surface area (Å²) in [5.74, 6) is -0.915. The van der Waals surface area contributed by atoms with Crippen molar-refractivity contribution < 1.29 is 30.3 Å². The largest absolute Gasteiger partial charge is 0.480 e. The molecule has 1 heterocycles. The van der Waals surface area contributed by atoms with Gasteiger partial charge < -0.3 is 30.8 Å². The van der Waals surface area contributed by atoms with E-state index in [1.165, 1.54) is 11.8 Å². The number of thioether (sulfide) groups is 1. The predicted molar refractivity (Wildman–Crippen MR) is 77.0 cm³/mol. The molecule has 2 aliphatic rings. The molecule has 21 heavy (non-hydrogen) atoms. The van der Waals surface area contributed by atoms with Crippen molar-refractivity contribution in [3.63, 3.8) is 0 Å². The molecule has 2 rings (SSSR count). The summed E-state index contributed by atoms with van der Waals surface area (Å²) in [6.07, 6.45) is -0.942. The second-order valence-electron chi connectivity index (χ2n) is 5.77. The highest BCUT2D eigenvalue weighted by atomic mass is 32.2. The topological polar surface area (TPSA) is 130 Å². The maximum absolute atomic E-state index is 10.7. The fourth-order valence-corrected chi connectivity index (χ4v) is 5.00. The minimum atomic E-state index is -1.28. The van der Waals surface area contributed by atoms with Crippen molar-refractivity contribution in [3.8, 4) is 0 Å². The van der Waals surface area contributed by atoms with Crippen LogP contribution in [0.2, 0.25) is 0 Å². The molecule has 122 valence electrons. The van der Waals surface area contributed by atoms with Gasteiger partial charge in [0.25, 0.3) is 0 Å². The number of carboxylic acid groups (broad SMARTS) is 1. The molecular formula is C13H23NO6S. The highest BCUT2D eigenvalue weighted by molar-refractivity contribution is 8.00. The van der Waals surface area contributed by atoms with Gasteiger partial charge in [-0.15, -0.1) is 11.8 Å². The van der Waals surface area contributed by atoms with Gasteiger partial charge in [0.15, 0.2) is 0 Å². The van der Waals surface area contributed by atoms with E-state index < -0.39 is 29.5 Å². The Balaban J connectivity index is 2.05. The van der Waals surface area contributed by atoms with E-state index in [1.807, 2.05) is 0 Å². The standard InChI is InChI=1S/C13H23NO6S/c15-5-8-10(18)11(19)12(20)13(21-8)6-2-1-3-7(6)14-4-9(16)17/h6-8,10-15,18-20H,1-5H2,(H,16,17)/t6?,7?,8-,10+,11+,12-,13+/m1/s1. The van der Waals surface area contributed by atoms with Crippen molar-refractivity contribution in [2.75, 3.05) is 13.2 Å². The Morgan fingerprint density at radius 2 is 1.86 bits per heavy atom. The molecule has 2 fully saturated rings. The summed E-state index contributed by atoms with van der Waals surface area (Å²) >= 11 is 1.29. The second-order valence-corrected chi connectivity index (χ2v) is 7.19. The normalized spacial score (nSPS) is 43.9. The van der Waals surface area contributed by atoms with Crippen LogP contribution in [0.3, 0.4) is 0 Å². The zero-order valence-electron chi connectivity index (χ0n) is 11.6. The van der Waals surface area contributed by atoms with E-state index in [2.05, 4.69) is 5.32 Å². The predicted octanol–water partition coefficient (Wildman–Crippen LogP) is -1.61. The Hall–Kier alpha value is -0.380. The maximum Gasteiger partial charge on any atom is 0.317 e. The zero-order chi connectivity index (χ0) is 15.6. The van der Waals surface area contributed by atoms with Gasteiger partial charge in [-0.2, -0.15) is 0 Å². The quantitative estimate of drug-likeness (QED) is 0.357. The van der Waals surface area contributed by atoms with E-state index in [0.29, 0.717) is 0 Å². The molecule has 0 radical (unpaired) electrons. The molecule has 0 aromatic heterocycles. The molecule has 1 aliphatic carbocycles. The highest BCUT2D eigenvalue weighted by Gasteiger charge is 2.48. The molecule has 0 bridgehead atoms. The number of aliphatic hydroxyl groups is 4. The first-order valence-electron chi connectivity index (χ1n) is 7.21. The SMILES string of the molecule is O=C(O)CNC1CCCC1[C@@H]1S[C@H](CO)[C@H](O)[C@H](O)[C@H]1O. The first-order valence-corrected chi connectivity index (χ1v) is 8.15. The third-order valence-electron chi connectivity index (χ3n) is 4.44. The molecule has 1 saturated carbocycles. The smallest absolute Gasteiger partial charge is 0.317 e. The summed E-state index contributed by atoms with van der Waals surface area (Å²) in [5, 5.41) is 50.2. The molecule has 0 spiro atoms. The number of aliphatic carboxylic acids is 1. The Labute approximate surface area is 127 Å². The van der Waals surface area contributed by atoms with Crippen molar-refractivity contribution in [3.05, 3.63) is 0 Å². The van der Waals surface area contributed by atoms with Gasteiger partial charge in [-0.05, 0) is 18.8 Å². The highest BCUT2D eigenvalue weighted by Crippen LogP contribution is 2.42. The van der Waals surface area contributed by atoms with Crippen LogP contribution < -0.4 is 5.32 Å². The van der Waals surface area contributed by atoms with Crippen molar-refractivity contribution in [1.29, 1.82) is 0 Å². The third kappa shape index (κ3) is 3.69. The minimum Gasteiger partial charge on any atom is -0.480 e. The minimum absolute atomic E-state index is 0.0144. The molecule has 0 amide bonds. The van der Waals surface area contributed by atoms with Crippen LogP contribution in [0.1, 0.15) is 19.3 Å². The van der Waals surface area contributed by atoms with Gasteiger partial charge in [0, 0.05) is 11.3 Å². The molecule has 7 atom stereocenters. The van der Waals surface area contributed by atoms with E-state index in [0.717, 1.165) is 19.3 Å². The van der Waals surface area contributed by atoms with Crippen molar-refractivity contribution in [2.45, 2.75) is 54.1 Å². The molecule has 6 N–H and O–H groups in total. The van der Waals surface area contributed by atoms with Gasteiger partial charge in [0.05, 0.1) is 30.6 Å². The number of carbonyl (C=O) groups is 1. The maximum atomic E-state index is 10.7. The summed E-state index contributed by atoms with van der Waals surface area (Å²) in [4.78, 5) is 10.7. The number of hydrogen-bond donors (Lipinski definition) is 6. The number of hydrogen-bond acceptors (Lipinski definition) is 7. The Bertz CT molecular complexity index is 369. The lowest BCUT2D eigenvalue weighted by Crippen LogP contribution is -2.57. The van der Waals surface area contributed by atoms with Crippen molar-refractivity contribution in [1.82, 2.24) is 5.32 Å². The molecule has 1 aliphatic heterocycles. The monoisotopic (exact) mass is 321 g/mol. The van der Waals surface area contributed by atoms with Crippen LogP contribution in [0.4, 0.5) is 0 Å². The third-order valence-corrected chi connectivity index (χ3v) is 6.16. The van der Waals surface area contributed by atoms with E-state index in [1.54, 1.807) is 0 Å². The Kier molecular flexibility index (Phi) is 5.87. The molecule has 0 aromatic rings. The first kappa shape index (κ1) is 17.0. The van der Waals surface area contributed by atoms with Gasteiger partial charge in [-0.25, -0.2) is 0 Å². The summed E-state index contributed by atoms with van der Waals surface area (Å²) in [5.41, 5.74) is 0. The van der Waals surface area contributed by atoms with Gasteiger partial charge in [0.1, 0.15) is 6.10 Å². The van der Waals surface area contributed by atoms with Gasteiger partial charge >= 0.3 is 5.97 Å². The number of carboxylic acids is 1. The van der Waals surface area contributed by atoms with E-state index in [9.17, 15) is 25.2 Å². The van der Waals surface area contributed by atoms with Crippen molar-refractivity contribution in [2.24, 2.45) is 5.92 Å². The Morgan fingerprint density at radius 1 is 1.14 bits per heavy atom. The lowest BCUT2D eigenvalue weighted by molar-refractivity contribution is -0.136. The summed E-state index contributed by atoms with van der Waals surface area (Å²) in [6, 6.07) is -0.0324. The van der Waals surface area contributed by atoms with E-state index in [4.69, 9.17) is 5.11 Å². The van der Waals surface area contributed by atoms with E-state index >= 15 is 0 Å². The van der Waals surface area contributed by atoms with Crippen LogP contribution in [-0.2, 0) is 4.79 Å². The first-order chi connectivity index (χ1) is 9.95. The molecular weight excluding hydrogens is 298 g/mol. The lowest BCUT2D eigenvalue weighted by Gasteiger charge is -2.43. The van der Waals surface area contributed by atoms with Gasteiger partial charge in [-0.1, -0.05) is 6.42 Å². The van der Waals surface area contributed by atoms with Crippen molar-refractivity contribution >= 4 is 17.7 Å². The molecule has 8 heteroatoms. The fourth-order valence-electron chi connectivity index (χ4n) is 3.34. The summed E-state index contributed by atoms with van der Waals surface area (Å²) in [7, 11) is 0. The van der Waals surface area contributed by atoms with Crippen LogP contribution in [0.15, 0.2) is 0 Å². The zero-order valence-corrected chi connectivity index (χ0v) is 12.4. The lowest BCUT2D eigenvalue weighted by atomic mass is 9.90. The molecule has 2 unspecified atom stereocenters. The van der Waals surface area contributed by atoms with Crippen LogP contribution in [0.5, 0.6) is 0 Å². The summed E-state index contributed by atoms with van der Waals surface area (Å²) < 4.78 is 0. The average Bonchev–Trinajstić information content (AvgIpc) is 2.91. The average molecular weight is 321 g/mol.